The highest BCUT2D eigenvalue weighted by atomic mass is 32.2. The van der Waals surface area contributed by atoms with E-state index in [0.717, 1.165) is 11.6 Å². The molecular weight excluding hydrogens is 204 g/mol. The summed E-state index contributed by atoms with van der Waals surface area (Å²) < 4.78 is 0. The predicted octanol–water partition coefficient (Wildman–Crippen LogP) is 0.510. The number of hydrogen-bond acceptors (Lipinski definition) is 5. The van der Waals surface area contributed by atoms with E-state index >= 15 is 0 Å². The number of anilines is 1. The molecule has 0 aromatic carbocycles. The highest BCUT2D eigenvalue weighted by molar-refractivity contribution is 7.99. The van der Waals surface area contributed by atoms with Gasteiger partial charge in [-0.05, 0) is 6.92 Å². The Kier molecular flexibility index (Phi) is 3.52. The van der Waals surface area contributed by atoms with Crippen molar-refractivity contribution >= 4 is 23.7 Å². The summed E-state index contributed by atoms with van der Waals surface area (Å²) >= 11 is 1.33. The molecule has 0 atom stereocenters. The minimum absolute atomic E-state index is 0.257. The summed E-state index contributed by atoms with van der Waals surface area (Å²) in [4.78, 5) is 14.1. The fourth-order valence-corrected chi connectivity index (χ4v) is 1.47. The lowest BCUT2D eigenvalue weighted by molar-refractivity contribution is -0.131. The van der Waals surface area contributed by atoms with Crippen molar-refractivity contribution < 1.29 is 9.90 Å². The van der Waals surface area contributed by atoms with Crippen LogP contribution in [0.2, 0.25) is 0 Å². The SMILES string of the molecule is CC(=CC(=O)O)CSc1n[nH]c(N)n1. The summed E-state index contributed by atoms with van der Waals surface area (Å²) in [5.41, 5.74) is 6.06. The molecule has 0 spiro atoms. The summed E-state index contributed by atoms with van der Waals surface area (Å²) in [5.74, 6) is -0.159. The first kappa shape index (κ1) is 10.6. The van der Waals surface area contributed by atoms with Gasteiger partial charge < -0.3 is 10.8 Å². The number of nitrogen functional groups attached to an aromatic ring is 1. The fraction of sp³-hybridized carbons (Fsp3) is 0.286. The smallest absolute Gasteiger partial charge is 0.328 e. The second-order valence-electron chi connectivity index (χ2n) is 2.62. The lowest BCUT2D eigenvalue weighted by Crippen LogP contribution is -1.92. The number of nitrogens with zero attached hydrogens (tertiary/aromatic N) is 2. The molecule has 4 N–H and O–H groups in total. The molecule has 1 aromatic heterocycles. The number of carboxylic acid groups (broad SMARTS) is 1. The van der Waals surface area contributed by atoms with Crippen molar-refractivity contribution in [2.75, 3.05) is 11.5 Å². The average Bonchev–Trinajstić information content (AvgIpc) is 2.47. The Morgan fingerprint density at radius 1 is 1.79 bits per heavy atom. The molecule has 76 valence electrons. The van der Waals surface area contributed by atoms with Crippen LogP contribution in [0.3, 0.4) is 0 Å². The second-order valence-corrected chi connectivity index (χ2v) is 3.56. The van der Waals surface area contributed by atoms with Crippen LogP contribution in [0.1, 0.15) is 6.92 Å². The van der Waals surface area contributed by atoms with Crippen molar-refractivity contribution in [2.24, 2.45) is 0 Å². The summed E-state index contributed by atoms with van der Waals surface area (Å²) in [6, 6.07) is 0. The standard InChI is InChI=1S/C7H10N4O2S/c1-4(2-5(12)13)3-14-7-9-6(8)10-11-7/h2H,3H2,1H3,(H,12,13)(H3,8,9,10,11). The Balaban J connectivity index is 2.45. The molecule has 0 bridgehead atoms. The van der Waals surface area contributed by atoms with E-state index in [-0.39, 0.29) is 5.95 Å². The van der Waals surface area contributed by atoms with Crippen molar-refractivity contribution in [3.63, 3.8) is 0 Å². The molecule has 1 rings (SSSR count). The Labute approximate surface area is 84.6 Å². The molecule has 0 aliphatic carbocycles. The van der Waals surface area contributed by atoms with E-state index in [1.54, 1.807) is 6.92 Å². The molecule has 7 heteroatoms. The van der Waals surface area contributed by atoms with Gasteiger partial charge in [0.15, 0.2) is 0 Å². The molecule has 0 fully saturated rings. The minimum atomic E-state index is -0.947. The van der Waals surface area contributed by atoms with Gasteiger partial charge in [-0.3, -0.25) is 0 Å². The van der Waals surface area contributed by atoms with E-state index in [4.69, 9.17) is 10.8 Å². The maximum atomic E-state index is 10.3. The topological polar surface area (TPSA) is 105 Å². The zero-order valence-electron chi connectivity index (χ0n) is 7.52. The van der Waals surface area contributed by atoms with Gasteiger partial charge in [-0.1, -0.05) is 17.3 Å². The third kappa shape index (κ3) is 3.48. The number of carbonyl (C=O) groups is 1. The Morgan fingerprint density at radius 3 is 3.00 bits per heavy atom. The third-order valence-corrected chi connectivity index (χ3v) is 2.32. The Hall–Kier alpha value is -1.50. The number of aliphatic carboxylic acids is 1. The number of nitrogens with one attached hydrogen (secondary N) is 1. The molecular formula is C7H10N4O2S. The number of aromatic nitrogens is 3. The van der Waals surface area contributed by atoms with Crippen LogP contribution in [-0.4, -0.2) is 32.0 Å². The minimum Gasteiger partial charge on any atom is -0.478 e. The highest BCUT2D eigenvalue weighted by Gasteiger charge is 2.01. The van der Waals surface area contributed by atoms with Crippen LogP contribution in [0.15, 0.2) is 16.8 Å². The molecule has 0 unspecified atom stereocenters. The maximum Gasteiger partial charge on any atom is 0.328 e. The molecule has 0 radical (unpaired) electrons. The first-order valence-electron chi connectivity index (χ1n) is 3.78. The van der Waals surface area contributed by atoms with E-state index < -0.39 is 5.97 Å². The number of rotatable bonds is 4. The van der Waals surface area contributed by atoms with Gasteiger partial charge in [-0.15, -0.1) is 5.10 Å². The molecule has 0 aliphatic heterocycles. The predicted molar refractivity (Wildman–Crippen MR) is 52.9 cm³/mol. The number of thioether (sulfide) groups is 1. The van der Waals surface area contributed by atoms with Crippen molar-refractivity contribution in [1.82, 2.24) is 15.2 Å². The highest BCUT2D eigenvalue weighted by Crippen LogP contribution is 2.15. The number of H-pyrrole nitrogens is 1. The van der Waals surface area contributed by atoms with E-state index in [9.17, 15) is 4.79 Å². The Bertz CT molecular complexity index is 360. The van der Waals surface area contributed by atoms with Gasteiger partial charge in [-0.2, -0.15) is 4.98 Å². The summed E-state index contributed by atoms with van der Waals surface area (Å²) in [6.45, 7) is 1.73. The fourth-order valence-electron chi connectivity index (χ4n) is 0.754. The van der Waals surface area contributed by atoms with Crippen molar-refractivity contribution in [2.45, 2.75) is 12.1 Å². The Morgan fingerprint density at radius 2 is 2.50 bits per heavy atom. The first-order chi connectivity index (χ1) is 6.58. The number of nitrogens with two attached hydrogens (primary N) is 1. The van der Waals surface area contributed by atoms with Crippen LogP contribution >= 0.6 is 11.8 Å². The van der Waals surface area contributed by atoms with E-state index in [1.165, 1.54) is 11.8 Å². The van der Waals surface area contributed by atoms with Crippen LogP contribution in [0.4, 0.5) is 5.95 Å². The van der Waals surface area contributed by atoms with Crippen LogP contribution in [0.5, 0.6) is 0 Å². The lowest BCUT2D eigenvalue weighted by atomic mass is 10.3. The quantitative estimate of drug-likeness (QED) is 0.498. The van der Waals surface area contributed by atoms with Crippen LogP contribution < -0.4 is 5.73 Å². The molecule has 1 heterocycles. The van der Waals surface area contributed by atoms with Crippen LogP contribution in [0, 0.1) is 0 Å². The van der Waals surface area contributed by atoms with Crippen molar-refractivity contribution in [3.05, 3.63) is 11.6 Å². The largest absolute Gasteiger partial charge is 0.478 e. The summed E-state index contributed by atoms with van der Waals surface area (Å²) in [5, 5.41) is 15.2. The number of hydrogen-bond donors (Lipinski definition) is 3. The van der Waals surface area contributed by atoms with E-state index in [1.807, 2.05) is 0 Å². The average molecular weight is 214 g/mol. The zero-order chi connectivity index (χ0) is 10.6. The normalized spacial score (nSPS) is 11.6. The molecule has 0 amide bonds. The molecule has 0 saturated carbocycles. The molecule has 1 aromatic rings. The second kappa shape index (κ2) is 4.66. The molecule has 6 nitrogen and oxygen atoms in total. The van der Waals surface area contributed by atoms with Gasteiger partial charge in [0.05, 0.1) is 0 Å². The maximum absolute atomic E-state index is 10.3. The van der Waals surface area contributed by atoms with Gasteiger partial charge in [0.1, 0.15) is 0 Å². The zero-order valence-corrected chi connectivity index (χ0v) is 8.34. The molecule has 0 aliphatic rings. The van der Waals surface area contributed by atoms with Gasteiger partial charge in [-0.25, -0.2) is 9.89 Å². The van der Waals surface area contributed by atoms with E-state index in [2.05, 4.69) is 15.2 Å². The van der Waals surface area contributed by atoms with Crippen molar-refractivity contribution in [1.29, 1.82) is 0 Å². The van der Waals surface area contributed by atoms with Crippen molar-refractivity contribution in [3.8, 4) is 0 Å². The van der Waals surface area contributed by atoms with Gasteiger partial charge >= 0.3 is 5.97 Å². The third-order valence-electron chi connectivity index (χ3n) is 1.28. The monoisotopic (exact) mass is 214 g/mol. The van der Waals surface area contributed by atoms with Gasteiger partial charge in [0, 0.05) is 11.8 Å². The van der Waals surface area contributed by atoms with Crippen LogP contribution in [0.25, 0.3) is 0 Å². The lowest BCUT2D eigenvalue weighted by Gasteiger charge is -1.95. The van der Waals surface area contributed by atoms with E-state index in [0.29, 0.717) is 10.9 Å². The summed E-state index contributed by atoms with van der Waals surface area (Å²) in [6.07, 6.45) is 1.16. The molecule has 0 saturated heterocycles. The van der Waals surface area contributed by atoms with Gasteiger partial charge in [0.25, 0.3) is 0 Å². The van der Waals surface area contributed by atoms with Crippen LogP contribution in [-0.2, 0) is 4.79 Å². The van der Waals surface area contributed by atoms with Gasteiger partial charge in [0.2, 0.25) is 11.1 Å². The number of carboxylic acids is 1. The summed E-state index contributed by atoms with van der Waals surface area (Å²) in [7, 11) is 0. The number of aromatic amines is 1. The molecule has 14 heavy (non-hydrogen) atoms. The first-order valence-corrected chi connectivity index (χ1v) is 4.77.